The van der Waals surface area contributed by atoms with E-state index in [1.807, 2.05) is 4.90 Å². The van der Waals surface area contributed by atoms with Gasteiger partial charge < -0.3 is 14.5 Å². The first kappa shape index (κ1) is 17.7. The van der Waals surface area contributed by atoms with Gasteiger partial charge in [-0.15, -0.1) is 0 Å². The summed E-state index contributed by atoms with van der Waals surface area (Å²) >= 11 is 0. The van der Waals surface area contributed by atoms with Crippen LogP contribution in [-0.4, -0.2) is 48.4 Å². The first-order chi connectivity index (χ1) is 12.0. The molecule has 1 atom stereocenters. The van der Waals surface area contributed by atoms with Crippen molar-refractivity contribution in [3.8, 4) is 5.75 Å². The van der Waals surface area contributed by atoms with Crippen LogP contribution in [-0.2, 0) is 16.1 Å². The average molecular weight is 348 g/mol. The van der Waals surface area contributed by atoms with E-state index in [1.54, 1.807) is 24.1 Å². The zero-order valence-corrected chi connectivity index (χ0v) is 14.8. The van der Waals surface area contributed by atoms with Crippen molar-refractivity contribution in [2.75, 3.05) is 20.7 Å². The standard InChI is InChI=1S/C19H25FN2O3/c1-21(11-13-7-8-17(25-2)16(20)9-13)19(24)14-10-18(23)22(12-14)15-5-3-4-6-15/h7-9,14-15H,3-6,10-12H2,1-2H3/t14-/m0/s1. The molecule has 25 heavy (non-hydrogen) atoms. The Morgan fingerprint density at radius 2 is 2.08 bits per heavy atom. The molecule has 5 nitrogen and oxygen atoms in total. The summed E-state index contributed by atoms with van der Waals surface area (Å²) in [6.45, 7) is 0.831. The number of hydrogen-bond acceptors (Lipinski definition) is 3. The van der Waals surface area contributed by atoms with Gasteiger partial charge in [0.15, 0.2) is 11.6 Å². The number of hydrogen-bond donors (Lipinski definition) is 0. The first-order valence-electron chi connectivity index (χ1n) is 8.86. The van der Waals surface area contributed by atoms with E-state index in [2.05, 4.69) is 0 Å². The maximum Gasteiger partial charge on any atom is 0.228 e. The molecule has 0 radical (unpaired) electrons. The molecule has 0 N–H and O–H groups in total. The van der Waals surface area contributed by atoms with Gasteiger partial charge in [-0.3, -0.25) is 9.59 Å². The minimum Gasteiger partial charge on any atom is -0.494 e. The summed E-state index contributed by atoms with van der Waals surface area (Å²) in [5.74, 6) is -0.504. The molecule has 2 aliphatic rings. The smallest absolute Gasteiger partial charge is 0.228 e. The summed E-state index contributed by atoms with van der Waals surface area (Å²) in [4.78, 5) is 28.4. The van der Waals surface area contributed by atoms with Gasteiger partial charge in [0.05, 0.1) is 13.0 Å². The molecule has 0 unspecified atom stereocenters. The number of ether oxygens (including phenoxy) is 1. The summed E-state index contributed by atoms with van der Waals surface area (Å²) < 4.78 is 18.7. The molecule has 1 heterocycles. The highest BCUT2D eigenvalue weighted by Gasteiger charge is 2.39. The highest BCUT2D eigenvalue weighted by atomic mass is 19.1. The fourth-order valence-corrected chi connectivity index (χ4v) is 3.94. The van der Waals surface area contributed by atoms with Crippen LogP contribution in [0.25, 0.3) is 0 Å². The lowest BCUT2D eigenvalue weighted by atomic mass is 10.1. The first-order valence-corrected chi connectivity index (χ1v) is 8.86. The molecule has 0 aromatic heterocycles. The highest BCUT2D eigenvalue weighted by molar-refractivity contribution is 5.89. The van der Waals surface area contributed by atoms with E-state index in [4.69, 9.17) is 4.74 Å². The Hall–Kier alpha value is -2.11. The van der Waals surface area contributed by atoms with Crippen LogP contribution >= 0.6 is 0 Å². The molecule has 136 valence electrons. The van der Waals surface area contributed by atoms with Crippen LogP contribution < -0.4 is 4.74 Å². The van der Waals surface area contributed by atoms with Gasteiger partial charge in [0.2, 0.25) is 11.8 Å². The van der Waals surface area contributed by atoms with Gasteiger partial charge in [0.1, 0.15) is 0 Å². The van der Waals surface area contributed by atoms with Crippen molar-refractivity contribution in [2.45, 2.75) is 44.7 Å². The highest BCUT2D eigenvalue weighted by Crippen LogP contribution is 2.30. The Bertz CT molecular complexity index is 658. The second-order valence-electron chi connectivity index (χ2n) is 7.05. The SMILES string of the molecule is COc1ccc(CN(C)C(=O)[C@H]2CC(=O)N(C3CCCC3)C2)cc1F. The summed E-state index contributed by atoms with van der Waals surface area (Å²) in [5, 5.41) is 0. The zero-order chi connectivity index (χ0) is 18.0. The Balaban J connectivity index is 1.60. The van der Waals surface area contributed by atoms with Gasteiger partial charge in [-0.1, -0.05) is 18.9 Å². The number of carbonyl (C=O) groups is 2. The summed E-state index contributed by atoms with van der Waals surface area (Å²) in [7, 11) is 3.12. The van der Waals surface area contributed by atoms with E-state index >= 15 is 0 Å². The molecule has 0 spiro atoms. The molecule has 1 saturated heterocycles. The molecule has 1 aromatic rings. The number of nitrogens with zero attached hydrogens (tertiary/aromatic N) is 2. The summed E-state index contributed by atoms with van der Waals surface area (Å²) in [6, 6.07) is 5.00. The molecular weight excluding hydrogens is 323 g/mol. The molecule has 1 aromatic carbocycles. The van der Waals surface area contributed by atoms with Crippen molar-refractivity contribution in [3.05, 3.63) is 29.6 Å². The van der Waals surface area contributed by atoms with E-state index in [-0.39, 0.29) is 29.9 Å². The van der Waals surface area contributed by atoms with E-state index in [0.717, 1.165) is 25.7 Å². The number of methoxy groups -OCH3 is 1. The molecule has 1 aliphatic carbocycles. The van der Waals surface area contributed by atoms with Crippen LogP contribution in [0, 0.1) is 11.7 Å². The van der Waals surface area contributed by atoms with Gasteiger partial charge in [-0.2, -0.15) is 0 Å². The van der Waals surface area contributed by atoms with Crippen LogP contribution in [0.4, 0.5) is 4.39 Å². The number of likely N-dealkylation sites (tertiary alicyclic amines) is 1. The van der Waals surface area contributed by atoms with E-state index in [9.17, 15) is 14.0 Å². The summed E-state index contributed by atoms with van der Waals surface area (Å²) in [6.07, 6.45) is 4.71. The van der Waals surface area contributed by atoms with Gasteiger partial charge >= 0.3 is 0 Å². The van der Waals surface area contributed by atoms with Crippen molar-refractivity contribution in [3.63, 3.8) is 0 Å². The molecule has 0 bridgehead atoms. The minimum absolute atomic E-state index is 0.0509. The molecule has 2 fully saturated rings. The van der Waals surface area contributed by atoms with Crippen molar-refractivity contribution in [1.82, 2.24) is 9.80 Å². The molecule has 1 saturated carbocycles. The topological polar surface area (TPSA) is 49.9 Å². The monoisotopic (exact) mass is 348 g/mol. The Kier molecular flexibility index (Phi) is 5.25. The van der Waals surface area contributed by atoms with Crippen molar-refractivity contribution in [2.24, 2.45) is 5.92 Å². The number of benzene rings is 1. The zero-order valence-electron chi connectivity index (χ0n) is 14.8. The van der Waals surface area contributed by atoms with Crippen molar-refractivity contribution >= 4 is 11.8 Å². The van der Waals surface area contributed by atoms with Gasteiger partial charge in [0.25, 0.3) is 0 Å². The molecule has 6 heteroatoms. The lowest BCUT2D eigenvalue weighted by Gasteiger charge is -2.25. The van der Waals surface area contributed by atoms with E-state index in [0.29, 0.717) is 24.7 Å². The van der Waals surface area contributed by atoms with Crippen LogP contribution in [0.5, 0.6) is 5.75 Å². The van der Waals surface area contributed by atoms with Crippen LogP contribution in [0.2, 0.25) is 0 Å². The lowest BCUT2D eigenvalue weighted by Crippen LogP contribution is -2.37. The second-order valence-corrected chi connectivity index (χ2v) is 7.05. The Morgan fingerprint density at radius 3 is 2.72 bits per heavy atom. The second kappa shape index (κ2) is 7.42. The van der Waals surface area contributed by atoms with Gasteiger partial charge in [-0.25, -0.2) is 4.39 Å². The molecule has 3 rings (SSSR count). The Labute approximate surface area is 147 Å². The van der Waals surface area contributed by atoms with E-state index in [1.165, 1.54) is 13.2 Å². The predicted octanol–water partition coefficient (Wildman–Crippen LogP) is 2.58. The third-order valence-electron chi connectivity index (χ3n) is 5.29. The van der Waals surface area contributed by atoms with E-state index < -0.39 is 5.82 Å². The maximum atomic E-state index is 13.8. The van der Waals surface area contributed by atoms with Crippen molar-refractivity contribution in [1.29, 1.82) is 0 Å². The fourth-order valence-electron chi connectivity index (χ4n) is 3.94. The average Bonchev–Trinajstić information content (AvgIpc) is 3.23. The van der Waals surface area contributed by atoms with Gasteiger partial charge in [-0.05, 0) is 30.5 Å². The van der Waals surface area contributed by atoms with Crippen LogP contribution in [0.3, 0.4) is 0 Å². The predicted molar refractivity (Wildman–Crippen MR) is 91.5 cm³/mol. The molecular formula is C19H25FN2O3. The van der Waals surface area contributed by atoms with Crippen LogP contribution in [0.1, 0.15) is 37.7 Å². The third kappa shape index (κ3) is 3.78. The van der Waals surface area contributed by atoms with Crippen molar-refractivity contribution < 1.29 is 18.7 Å². The summed E-state index contributed by atoms with van der Waals surface area (Å²) in [5.41, 5.74) is 0.700. The quantitative estimate of drug-likeness (QED) is 0.822. The third-order valence-corrected chi connectivity index (χ3v) is 5.29. The Morgan fingerprint density at radius 1 is 1.36 bits per heavy atom. The normalized spacial score (nSPS) is 21.0. The number of halogens is 1. The number of rotatable bonds is 5. The largest absolute Gasteiger partial charge is 0.494 e. The van der Waals surface area contributed by atoms with Gasteiger partial charge in [0, 0.05) is 32.6 Å². The molecule has 2 amide bonds. The number of carbonyl (C=O) groups excluding carboxylic acids is 2. The minimum atomic E-state index is -0.440. The number of amides is 2. The fraction of sp³-hybridized carbons (Fsp3) is 0.579. The maximum absolute atomic E-state index is 13.8. The molecule has 1 aliphatic heterocycles. The van der Waals surface area contributed by atoms with Crippen LogP contribution in [0.15, 0.2) is 18.2 Å². The lowest BCUT2D eigenvalue weighted by molar-refractivity contribution is -0.135.